The lowest BCUT2D eigenvalue weighted by Crippen LogP contribution is -2.24. The first-order valence-electron chi connectivity index (χ1n) is 8.07. The third-order valence-electron chi connectivity index (χ3n) is 3.80. The zero-order chi connectivity index (χ0) is 19.4. The zero-order valence-corrected chi connectivity index (χ0v) is 15.5. The third kappa shape index (κ3) is 4.03. The second-order valence-electron chi connectivity index (χ2n) is 5.61. The minimum Gasteiger partial charge on any atom is -0.496 e. The van der Waals surface area contributed by atoms with Crippen LogP contribution in [0.15, 0.2) is 53.7 Å². The van der Waals surface area contributed by atoms with Gasteiger partial charge in [-0.2, -0.15) is 0 Å². The number of hydrogen-bond acceptors (Lipinski definition) is 6. The predicted molar refractivity (Wildman–Crippen MR) is 103 cm³/mol. The Hall–Kier alpha value is -3.07. The summed E-state index contributed by atoms with van der Waals surface area (Å²) in [5.41, 5.74) is 0.809. The van der Waals surface area contributed by atoms with E-state index in [1.807, 2.05) is 18.2 Å². The van der Waals surface area contributed by atoms with Crippen LogP contribution < -0.4 is 15.9 Å². The van der Waals surface area contributed by atoms with Crippen LogP contribution in [0.1, 0.15) is 6.92 Å². The summed E-state index contributed by atoms with van der Waals surface area (Å²) in [5, 5.41) is 10.5. The van der Waals surface area contributed by atoms with Crippen molar-refractivity contribution in [1.29, 1.82) is 0 Å². The lowest BCUT2D eigenvalue weighted by molar-refractivity contribution is -0.115. The molecule has 3 aromatic rings. The maximum Gasteiger partial charge on any atom is 0.237 e. The van der Waals surface area contributed by atoms with Crippen molar-refractivity contribution in [2.75, 3.05) is 18.3 Å². The highest BCUT2D eigenvalue weighted by molar-refractivity contribution is 8.00. The highest BCUT2D eigenvalue weighted by atomic mass is 32.2. The highest BCUT2D eigenvalue weighted by Crippen LogP contribution is 2.30. The fraction of sp³-hybridized carbons (Fsp3) is 0.167. The Morgan fingerprint density at radius 3 is 2.67 bits per heavy atom. The summed E-state index contributed by atoms with van der Waals surface area (Å²) in [7, 11) is 1.56. The molecule has 0 saturated carbocycles. The van der Waals surface area contributed by atoms with E-state index in [0.29, 0.717) is 22.3 Å². The number of aromatic nitrogens is 3. The van der Waals surface area contributed by atoms with Gasteiger partial charge in [-0.25, -0.2) is 9.07 Å². The van der Waals surface area contributed by atoms with Crippen LogP contribution in [0.4, 0.5) is 10.1 Å². The molecule has 3 rings (SSSR count). The lowest BCUT2D eigenvalue weighted by Gasteiger charge is -2.12. The minimum atomic E-state index is -0.568. The van der Waals surface area contributed by atoms with Crippen LogP contribution in [0, 0.1) is 5.82 Å². The smallest absolute Gasteiger partial charge is 0.237 e. The van der Waals surface area contributed by atoms with Crippen LogP contribution in [0.3, 0.4) is 0 Å². The first-order valence-corrected chi connectivity index (χ1v) is 8.95. The number of nitrogens with one attached hydrogen (secondary N) is 1. The third-order valence-corrected chi connectivity index (χ3v) is 4.85. The molecule has 1 unspecified atom stereocenters. The molecule has 140 valence electrons. The summed E-state index contributed by atoms with van der Waals surface area (Å²) in [4.78, 5) is 12.3. The molecule has 0 aliphatic rings. The van der Waals surface area contributed by atoms with E-state index in [0.717, 1.165) is 11.8 Å². The molecule has 27 heavy (non-hydrogen) atoms. The number of amides is 1. The molecule has 3 N–H and O–H groups in total. The topological polar surface area (TPSA) is 95.1 Å². The number of rotatable bonds is 6. The van der Waals surface area contributed by atoms with Crippen molar-refractivity contribution < 1.29 is 13.9 Å². The lowest BCUT2D eigenvalue weighted by atomic mass is 10.2. The van der Waals surface area contributed by atoms with Crippen LogP contribution in [0.5, 0.6) is 5.75 Å². The van der Waals surface area contributed by atoms with E-state index in [1.165, 1.54) is 16.8 Å². The number of carbonyl (C=O) groups is 1. The van der Waals surface area contributed by atoms with Gasteiger partial charge in [-0.1, -0.05) is 36.0 Å². The summed E-state index contributed by atoms with van der Waals surface area (Å²) >= 11 is 1.12. The fourth-order valence-corrected chi connectivity index (χ4v) is 3.15. The molecule has 1 heterocycles. The number of ether oxygens (including phenoxy) is 1. The molecule has 1 atom stereocenters. The minimum absolute atomic E-state index is 0.124. The highest BCUT2D eigenvalue weighted by Gasteiger charge is 2.21. The maximum atomic E-state index is 13.7. The number of nitrogen functional groups attached to an aromatic ring is 1. The number of nitrogens with two attached hydrogens (primary N) is 1. The fourth-order valence-electron chi connectivity index (χ4n) is 2.38. The number of benzene rings is 2. The van der Waals surface area contributed by atoms with Crippen LogP contribution in [0.25, 0.3) is 11.4 Å². The molecule has 2 aromatic carbocycles. The Bertz CT molecular complexity index is 962. The Morgan fingerprint density at radius 1 is 1.22 bits per heavy atom. The molecule has 0 radical (unpaired) electrons. The van der Waals surface area contributed by atoms with Gasteiger partial charge in [0.15, 0.2) is 5.82 Å². The second kappa shape index (κ2) is 8.09. The van der Waals surface area contributed by atoms with Crippen molar-refractivity contribution in [1.82, 2.24) is 14.9 Å². The summed E-state index contributed by atoms with van der Waals surface area (Å²) < 4.78 is 20.3. The van der Waals surface area contributed by atoms with Crippen molar-refractivity contribution >= 4 is 23.4 Å². The first kappa shape index (κ1) is 18.7. The monoisotopic (exact) mass is 387 g/mol. The van der Waals surface area contributed by atoms with Gasteiger partial charge in [-0.05, 0) is 31.2 Å². The van der Waals surface area contributed by atoms with Gasteiger partial charge in [0.25, 0.3) is 0 Å². The van der Waals surface area contributed by atoms with Gasteiger partial charge < -0.3 is 15.9 Å². The number of halogens is 1. The van der Waals surface area contributed by atoms with Gasteiger partial charge in [0.05, 0.1) is 23.6 Å². The summed E-state index contributed by atoms with van der Waals surface area (Å²) in [5.74, 6) is 6.27. The quantitative estimate of drug-likeness (QED) is 0.499. The molecular formula is C18H18FN5O2S. The number of carbonyl (C=O) groups excluding carboxylic acids is 1. The Balaban J connectivity index is 1.75. The van der Waals surface area contributed by atoms with E-state index >= 15 is 0 Å². The average molecular weight is 387 g/mol. The molecule has 9 heteroatoms. The van der Waals surface area contributed by atoms with Crippen LogP contribution in [0.2, 0.25) is 0 Å². The Morgan fingerprint density at radius 2 is 1.93 bits per heavy atom. The molecular weight excluding hydrogens is 369 g/mol. The van der Waals surface area contributed by atoms with Gasteiger partial charge in [0.1, 0.15) is 11.6 Å². The van der Waals surface area contributed by atoms with Crippen molar-refractivity contribution in [2.24, 2.45) is 0 Å². The molecule has 0 saturated heterocycles. The van der Waals surface area contributed by atoms with Gasteiger partial charge in [0.2, 0.25) is 11.1 Å². The molecule has 7 nitrogen and oxygen atoms in total. The Kier molecular flexibility index (Phi) is 5.60. The summed E-state index contributed by atoms with van der Waals surface area (Å²) in [6.45, 7) is 1.68. The number of para-hydroxylation sites is 2. The normalized spacial score (nSPS) is 11.8. The van der Waals surface area contributed by atoms with E-state index in [-0.39, 0.29) is 11.6 Å². The van der Waals surface area contributed by atoms with Crippen molar-refractivity contribution in [3.63, 3.8) is 0 Å². The number of hydrogen-bond donors (Lipinski definition) is 2. The molecule has 0 spiro atoms. The molecule has 0 bridgehead atoms. The summed E-state index contributed by atoms with van der Waals surface area (Å²) in [6, 6.07) is 13.3. The molecule has 0 fully saturated rings. The van der Waals surface area contributed by atoms with Crippen LogP contribution in [-0.4, -0.2) is 33.1 Å². The number of methoxy groups -OCH3 is 1. The van der Waals surface area contributed by atoms with Gasteiger partial charge in [0, 0.05) is 0 Å². The molecule has 1 aromatic heterocycles. The van der Waals surface area contributed by atoms with E-state index in [1.54, 1.807) is 32.2 Å². The summed E-state index contributed by atoms with van der Waals surface area (Å²) in [6.07, 6.45) is 0. The number of thioether (sulfide) groups is 1. The van der Waals surface area contributed by atoms with Crippen LogP contribution >= 0.6 is 11.8 Å². The second-order valence-corrected chi connectivity index (χ2v) is 6.91. The van der Waals surface area contributed by atoms with E-state index < -0.39 is 11.1 Å². The Labute approximate surface area is 159 Å². The van der Waals surface area contributed by atoms with E-state index in [4.69, 9.17) is 10.6 Å². The standard InChI is InChI=1S/C18H18FN5O2S/c1-11(17(25)21-14-9-5-4-8-13(14)19)27-18-23-22-16(24(18)20)12-7-3-6-10-15(12)26-2/h3-11H,20H2,1-2H3,(H,21,25). The number of nitrogens with zero attached hydrogens (tertiary/aromatic N) is 3. The van der Waals surface area contributed by atoms with Gasteiger partial charge >= 0.3 is 0 Å². The van der Waals surface area contributed by atoms with E-state index in [2.05, 4.69) is 15.5 Å². The molecule has 0 aliphatic heterocycles. The SMILES string of the molecule is COc1ccccc1-c1nnc(SC(C)C(=O)Nc2ccccc2F)n1N. The van der Waals surface area contributed by atoms with Gasteiger partial charge in [-0.15, -0.1) is 10.2 Å². The molecule has 0 aliphatic carbocycles. The van der Waals surface area contributed by atoms with E-state index in [9.17, 15) is 9.18 Å². The van der Waals surface area contributed by atoms with Crippen molar-refractivity contribution in [2.45, 2.75) is 17.3 Å². The average Bonchev–Trinajstić information content (AvgIpc) is 3.03. The zero-order valence-electron chi connectivity index (χ0n) is 14.7. The van der Waals surface area contributed by atoms with Crippen molar-refractivity contribution in [3.05, 3.63) is 54.3 Å². The largest absolute Gasteiger partial charge is 0.496 e. The molecule has 1 amide bonds. The van der Waals surface area contributed by atoms with Crippen molar-refractivity contribution in [3.8, 4) is 17.1 Å². The van der Waals surface area contributed by atoms with Crippen LogP contribution in [-0.2, 0) is 4.79 Å². The number of anilines is 1. The van der Waals surface area contributed by atoms with Gasteiger partial charge in [-0.3, -0.25) is 4.79 Å². The predicted octanol–water partition coefficient (Wildman–Crippen LogP) is 2.93. The first-order chi connectivity index (χ1) is 13.0. The maximum absolute atomic E-state index is 13.7.